The lowest BCUT2D eigenvalue weighted by Crippen LogP contribution is -2.31. The fourth-order valence-electron chi connectivity index (χ4n) is 1.78. The van der Waals surface area contributed by atoms with E-state index in [1.54, 1.807) is 24.3 Å². The second-order valence-corrected chi connectivity index (χ2v) is 6.96. The molecule has 1 rings (SSSR count). The summed E-state index contributed by atoms with van der Waals surface area (Å²) in [5.41, 5.74) is 0.437. The average Bonchev–Trinajstić information content (AvgIpc) is 2.31. The van der Waals surface area contributed by atoms with Crippen LogP contribution in [0.2, 0.25) is 5.02 Å². The van der Waals surface area contributed by atoms with Gasteiger partial charge in [0.15, 0.2) is 15.1 Å². The number of benzene rings is 1. The van der Waals surface area contributed by atoms with Crippen molar-refractivity contribution in [3.63, 3.8) is 0 Å². The number of unbranched alkanes of at least 4 members (excludes halogenated alkanes) is 1. The summed E-state index contributed by atoms with van der Waals surface area (Å²) in [4.78, 5) is 11.1. The van der Waals surface area contributed by atoms with Crippen molar-refractivity contribution in [3.05, 3.63) is 34.9 Å². The van der Waals surface area contributed by atoms with Crippen LogP contribution in [0.4, 0.5) is 0 Å². The molecule has 106 valence electrons. The first-order valence-corrected chi connectivity index (χ1v) is 8.15. The van der Waals surface area contributed by atoms with E-state index in [2.05, 4.69) is 0 Å². The lowest BCUT2D eigenvalue weighted by molar-refractivity contribution is -0.136. The predicted octanol–water partition coefficient (Wildman–Crippen LogP) is 2.90. The lowest BCUT2D eigenvalue weighted by Gasteiger charge is -2.13. The minimum absolute atomic E-state index is 0.138. The summed E-state index contributed by atoms with van der Waals surface area (Å²) in [6.07, 6.45) is 1.46. The second-order valence-electron chi connectivity index (χ2n) is 4.37. The topological polar surface area (TPSA) is 71.4 Å². The summed E-state index contributed by atoms with van der Waals surface area (Å²) >= 11 is 5.91. The van der Waals surface area contributed by atoms with Gasteiger partial charge >= 0.3 is 5.97 Å². The predicted molar refractivity (Wildman–Crippen MR) is 75.0 cm³/mol. The average molecular weight is 305 g/mol. The maximum atomic E-state index is 12.2. The molecule has 0 radical (unpaired) electrons. The molecule has 0 saturated heterocycles. The van der Waals surface area contributed by atoms with Crippen molar-refractivity contribution in [1.29, 1.82) is 0 Å². The number of sulfone groups is 1. The van der Waals surface area contributed by atoms with Crippen LogP contribution in [0, 0.1) is 0 Å². The molecule has 0 heterocycles. The van der Waals surface area contributed by atoms with E-state index in [1.807, 2.05) is 6.92 Å². The van der Waals surface area contributed by atoms with Crippen LogP contribution in [0.5, 0.6) is 0 Å². The number of rotatable bonds is 7. The Balaban J connectivity index is 2.95. The molecule has 1 unspecified atom stereocenters. The Labute approximate surface area is 118 Å². The Hall–Kier alpha value is -1.07. The standard InChI is InChI=1S/C13H17ClO4S/c1-2-3-8-12(13(15)16)19(17,18)9-10-6-4-5-7-11(10)14/h4-7,12H,2-3,8-9H2,1H3,(H,15,16). The minimum atomic E-state index is -3.75. The van der Waals surface area contributed by atoms with E-state index in [9.17, 15) is 13.2 Å². The maximum Gasteiger partial charge on any atom is 0.321 e. The van der Waals surface area contributed by atoms with Crippen LogP contribution >= 0.6 is 11.6 Å². The van der Waals surface area contributed by atoms with Crippen LogP contribution in [0.3, 0.4) is 0 Å². The third-order valence-corrected chi connectivity index (χ3v) is 5.23. The highest BCUT2D eigenvalue weighted by atomic mass is 35.5. The fourth-order valence-corrected chi connectivity index (χ4v) is 3.78. The van der Waals surface area contributed by atoms with Gasteiger partial charge < -0.3 is 5.11 Å². The third-order valence-electron chi connectivity index (χ3n) is 2.84. The molecule has 0 spiro atoms. The van der Waals surface area contributed by atoms with E-state index in [-0.39, 0.29) is 12.2 Å². The molecule has 0 aliphatic rings. The van der Waals surface area contributed by atoms with Crippen LogP contribution in [0.1, 0.15) is 31.7 Å². The van der Waals surface area contributed by atoms with Crippen LogP contribution in [-0.4, -0.2) is 24.7 Å². The smallest absolute Gasteiger partial charge is 0.321 e. The number of carbonyl (C=O) groups is 1. The van der Waals surface area contributed by atoms with Gasteiger partial charge in [-0.1, -0.05) is 49.6 Å². The normalized spacial score (nSPS) is 13.2. The van der Waals surface area contributed by atoms with E-state index < -0.39 is 21.1 Å². The molecule has 0 saturated carbocycles. The highest BCUT2D eigenvalue weighted by Crippen LogP contribution is 2.22. The Bertz CT molecular complexity index is 539. The van der Waals surface area contributed by atoms with Crippen molar-refractivity contribution in [2.45, 2.75) is 37.2 Å². The summed E-state index contributed by atoms with van der Waals surface area (Å²) < 4.78 is 24.3. The molecule has 0 amide bonds. The lowest BCUT2D eigenvalue weighted by atomic mass is 10.2. The van der Waals surface area contributed by atoms with E-state index in [0.717, 1.165) is 6.42 Å². The number of hydrogen-bond donors (Lipinski definition) is 1. The van der Waals surface area contributed by atoms with Crippen molar-refractivity contribution >= 4 is 27.4 Å². The Morgan fingerprint density at radius 3 is 2.53 bits per heavy atom. The van der Waals surface area contributed by atoms with Gasteiger partial charge in [-0.2, -0.15) is 0 Å². The molecule has 1 aromatic carbocycles. The molecular weight excluding hydrogens is 288 g/mol. The van der Waals surface area contributed by atoms with Crippen molar-refractivity contribution in [2.75, 3.05) is 0 Å². The number of hydrogen-bond acceptors (Lipinski definition) is 3. The third kappa shape index (κ3) is 4.51. The van der Waals surface area contributed by atoms with Crippen molar-refractivity contribution < 1.29 is 18.3 Å². The molecule has 19 heavy (non-hydrogen) atoms. The molecule has 1 aromatic rings. The van der Waals surface area contributed by atoms with Gasteiger partial charge in [0.25, 0.3) is 0 Å². The van der Waals surface area contributed by atoms with E-state index >= 15 is 0 Å². The van der Waals surface area contributed by atoms with Gasteiger partial charge in [-0.15, -0.1) is 0 Å². The van der Waals surface area contributed by atoms with Crippen molar-refractivity contribution in [3.8, 4) is 0 Å². The van der Waals surface area contributed by atoms with Crippen molar-refractivity contribution in [2.24, 2.45) is 0 Å². The van der Waals surface area contributed by atoms with Crippen LogP contribution < -0.4 is 0 Å². The molecule has 1 atom stereocenters. The molecule has 1 N–H and O–H groups in total. The van der Waals surface area contributed by atoms with Gasteiger partial charge in [-0.05, 0) is 18.1 Å². The molecule has 6 heteroatoms. The Morgan fingerprint density at radius 2 is 2.00 bits per heavy atom. The molecule has 0 aliphatic carbocycles. The maximum absolute atomic E-state index is 12.2. The molecule has 0 aromatic heterocycles. The SMILES string of the molecule is CCCCC(C(=O)O)S(=O)(=O)Cc1ccccc1Cl. The second kappa shape index (κ2) is 6.91. The number of carboxylic acids is 1. The number of aliphatic carboxylic acids is 1. The van der Waals surface area contributed by atoms with Gasteiger partial charge in [0.2, 0.25) is 0 Å². The number of halogens is 1. The van der Waals surface area contributed by atoms with Gasteiger partial charge in [-0.25, -0.2) is 8.42 Å². The molecule has 0 fully saturated rings. The van der Waals surface area contributed by atoms with Crippen molar-refractivity contribution in [1.82, 2.24) is 0 Å². The molecule has 0 bridgehead atoms. The van der Waals surface area contributed by atoms with Crippen LogP contribution in [-0.2, 0) is 20.4 Å². The highest BCUT2D eigenvalue weighted by molar-refractivity contribution is 7.92. The summed E-state index contributed by atoms with van der Waals surface area (Å²) in [5, 5.41) is 8.05. The summed E-state index contributed by atoms with van der Waals surface area (Å²) in [6, 6.07) is 6.57. The van der Waals surface area contributed by atoms with Gasteiger partial charge in [0.1, 0.15) is 0 Å². The first kappa shape index (κ1) is 16.0. The highest BCUT2D eigenvalue weighted by Gasteiger charge is 2.32. The quantitative estimate of drug-likeness (QED) is 0.840. The largest absolute Gasteiger partial charge is 0.480 e. The summed E-state index contributed by atoms with van der Waals surface area (Å²) in [7, 11) is -3.75. The monoisotopic (exact) mass is 304 g/mol. The molecular formula is C13H17ClO4S. The Morgan fingerprint density at radius 1 is 1.37 bits per heavy atom. The first-order valence-electron chi connectivity index (χ1n) is 6.06. The van der Waals surface area contributed by atoms with Gasteiger partial charge in [-0.3, -0.25) is 4.79 Å². The van der Waals surface area contributed by atoms with Gasteiger partial charge in [0.05, 0.1) is 5.75 Å². The molecule has 0 aliphatic heterocycles. The minimum Gasteiger partial charge on any atom is -0.480 e. The Kier molecular flexibility index (Phi) is 5.82. The number of carboxylic acid groups (broad SMARTS) is 1. The summed E-state index contributed by atoms with van der Waals surface area (Å²) in [5.74, 6) is -1.63. The van der Waals surface area contributed by atoms with Crippen LogP contribution in [0.25, 0.3) is 0 Å². The van der Waals surface area contributed by atoms with E-state index in [1.165, 1.54) is 0 Å². The van der Waals surface area contributed by atoms with Gasteiger partial charge in [0, 0.05) is 5.02 Å². The first-order chi connectivity index (χ1) is 8.88. The zero-order valence-corrected chi connectivity index (χ0v) is 12.2. The van der Waals surface area contributed by atoms with E-state index in [4.69, 9.17) is 16.7 Å². The zero-order valence-electron chi connectivity index (χ0n) is 10.7. The fraction of sp³-hybridized carbons (Fsp3) is 0.462. The van der Waals surface area contributed by atoms with Crippen LogP contribution in [0.15, 0.2) is 24.3 Å². The summed E-state index contributed by atoms with van der Waals surface area (Å²) in [6.45, 7) is 1.89. The molecule has 4 nitrogen and oxygen atoms in total. The van der Waals surface area contributed by atoms with E-state index in [0.29, 0.717) is 17.0 Å². The zero-order chi connectivity index (χ0) is 14.5.